The molecule has 0 aliphatic carbocycles. The third-order valence-corrected chi connectivity index (χ3v) is 14.3. The lowest BCUT2D eigenvalue weighted by molar-refractivity contribution is 1.18. The summed E-state index contributed by atoms with van der Waals surface area (Å²) in [4.78, 5) is 2.37. The molecular formula is C62H40N2S. The molecule has 2 nitrogen and oxygen atoms in total. The number of thiophene rings is 1. The third kappa shape index (κ3) is 6.31. The molecule has 0 radical (unpaired) electrons. The maximum Gasteiger partial charge on any atom is 0.0541 e. The molecule has 2 heterocycles. The van der Waals surface area contributed by atoms with Gasteiger partial charge in [-0.3, -0.25) is 0 Å². The van der Waals surface area contributed by atoms with Crippen LogP contribution in [0.1, 0.15) is 0 Å². The molecule has 0 saturated carbocycles. The minimum Gasteiger partial charge on any atom is -0.311 e. The Morgan fingerprint density at radius 1 is 0.292 bits per heavy atom. The van der Waals surface area contributed by atoms with E-state index in [1.54, 1.807) is 0 Å². The van der Waals surface area contributed by atoms with E-state index in [1.165, 1.54) is 96.9 Å². The zero-order valence-electron chi connectivity index (χ0n) is 35.4. The molecule has 0 amide bonds. The number of anilines is 3. The van der Waals surface area contributed by atoms with Crippen molar-refractivity contribution >= 4 is 91.9 Å². The van der Waals surface area contributed by atoms with Crippen LogP contribution in [-0.4, -0.2) is 4.57 Å². The van der Waals surface area contributed by atoms with E-state index in [-0.39, 0.29) is 0 Å². The molecule has 0 fully saturated rings. The Kier molecular flexibility index (Phi) is 8.75. The molecule has 0 bridgehead atoms. The van der Waals surface area contributed by atoms with Gasteiger partial charge in [0.2, 0.25) is 0 Å². The quantitative estimate of drug-likeness (QED) is 0.145. The fourth-order valence-electron chi connectivity index (χ4n) is 10.1. The molecule has 65 heavy (non-hydrogen) atoms. The first kappa shape index (κ1) is 37.3. The number of hydrogen-bond donors (Lipinski definition) is 0. The van der Waals surface area contributed by atoms with Crippen LogP contribution >= 0.6 is 11.3 Å². The summed E-state index contributed by atoms with van der Waals surface area (Å²) in [7, 11) is 0. The van der Waals surface area contributed by atoms with Crippen molar-refractivity contribution in [3.8, 4) is 39.1 Å². The normalized spacial score (nSPS) is 11.7. The Labute approximate surface area is 381 Å². The summed E-state index contributed by atoms with van der Waals surface area (Å²) in [6.45, 7) is 0. The summed E-state index contributed by atoms with van der Waals surface area (Å²) in [5.74, 6) is 0. The van der Waals surface area contributed by atoms with Gasteiger partial charge in [-0.2, -0.15) is 0 Å². The zero-order valence-corrected chi connectivity index (χ0v) is 36.2. The topological polar surface area (TPSA) is 8.17 Å². The van der Waals surface area contributed by atoms with Crippen molar-refractivity contribution in [2.75, 3.05) is 4.90 Å². The number of benzene rings is 11. The van der Waals surface area contributed by atoms with Gasteiger partial charge in [0.25, 0.3) is 0 Å². The van der Waals surface area contributed by atoms with Crippen molar-refractivity contribution < 1.29 is 0 Å². The van der Waals surface area contributed by atoms with E-state index in [9.17, 15) is 0 Å². The number of aromatic nitrogens is 1. The molecule has 2 aromatic heterocycles. The molecule has 13 aromatic rings. The Bertz CT molecular complexity index is 3880. The smallest absolute Gasteiger partial charge is 0.0541 e. The van der Waals surface area contributed by atoms with Crippen LogP contribution in [-0.2, 0) is 0 Å². The van der Waals surface area contributed by atoms with Crippen LogP contribution in [0.4, 0.5) is 17.1 Å². The van der Waals surface area contributed by atoms with Gasteiger partial charge in [0.1, 0.15) is 0 Å². The lowest BCUT2D eigenvalue weighted by Gasteiger charge is -2.26. The van der Waals surface area contributed by atoms with Crippen molar-refractivity contribution in [1.29, 1.82) is 0 Å². The molecule has 11 aromatic carbocycles. The van der Waals surface area contributed by atoms with Crippen LogP contribution in [0.5, 0.6) is 0 Å². The monoisotopic (exact) mass is 844 g/mol. The molecule has 0 unspecified atom stereocenters. The summed E-state index contributed by atoms with van der Waals surface area (Å²) < 4.78 is 5.03. The van der Waals surface area contributed by atoms with E-state index in [0.717, 1.165) is 22.7 Å². The first-order chi connectivity index (χ1) is 32.2. The fourth-order valence-corrected chi connectivity index (χ4v) is 11.2. The second-order valence-electron chi connectivity index (χ2n) is 16.9. The first-order valence-corrected chi connectivity index (χ1v) is 23.1. The Morgan fingerprint density at radius 2 is 0.785 bits per heavy atom. The number of hydrogen-bond acceptors (Lipinski definition) is 2. The highest BCUT2D eigenvalue weighted by atomic mass is 32.1. The number of para-hydroxylation sites is 2. The minimum absolute atomic E-state index is 1.09. The molecule has 0 saturated heterocycles. The van der Waals surface area contributed by atoms with Gasteiger partial charge in [-0.1, -0.05) is 158 Å². The van der Waals surface area contributed by atoms with Crippen LogP contribution in [0, 0.1) is 0 Å². The van der Waals surface area contributed by atoms with Gasteiger partial charge < -0.3 is 9.47 Å². The molecule has 0 aliphatic rings. The van der Waals surface area contributed by atoms with E-state index in [2.05, 4.69) is 252 Å². The predicted molar refractivity (Wildman–Crippen MR) is 280 cm³/mol. The second kappa shape index (κ2) is 15.2. The standard InChI is InChI=1S/C62H40N2S/c1-2-15-51-46(12-1)40-57(53-17-4-3-16-52(51)53)43-28-35-49(36-29-43)63(48-33-26-42(27-34-48)45-30-37-62-58(39-45)56-20-7-10-23-61(56)65-62)47-31-24-41(25-32-47)44-13-11-14-50(38-44)64-59-21-8-5-18-54(59)55-19-6-9-22-60(55)64/h1-40H. The summed E-state index contributed by atoms with van der Waals surface area (Å²) in [5.41, 5.74) is 14.1. The van der Waals surface area contributed by atoms with Gasteiger partial charge in [0.15, 0.2) is 0 Å². The van der Waals surface area contributed by atoms with Gasteiger partial charge in [-0.25, -0.2) is 0 Å². The predicted octanol–water partition coefficient (Wildman–Crippen LogP) is 17.9. The zero-order chi connectivity index (χ0) is 42.8. The first-order valence-electron chi connectivity index (χ1n) is 22.2. The Hall–Kier alpha value is -8.24. The number of rotatable bonds is 7. The van der Waals surface area contributed by atoms with E-state index >= 15 is 0 Å². The molecule has 3 heteroatoms. The van der Waals surface area contributed by atoms with Crippen LogP contribution in [0.25, 0.3) is 103 Å². The van der Waals surface area contributed by atoms with Crippen molar-refractivity contribution in [2.24, 2.45) is 0 Å². The largest absolute Gasteiger partial charge is 0.311 e. The molecule has 0 N–H and O–H groups in total. The van der Waals surface area contributed by atoms with Crippen LogP contribution < -0.4 is 4.90 Å². The molecule has 13 rings (SSSR count). The maximum absolute atomic E-state index is 2.39. The average molecular weight is 845 g/mol. The van der Waals surface area contributed by atoms with E-state index in [1.807, 2.05) is 11.3 Å². The number of fused-ring (bicyclic) bond motifs is 9. The van der Waals surface area contributed by atoms with Crippen molar-refractivity contribution in [2.45, 2.75) is 0 Å². The molecular weight excluding hydrogens is 805 g/mol. The van der Waals surface area contributed by atoms with Crippen molar-refractivity contribution in [1.82, 2.24) is 4.57 Å². The Morgan fingerprint density at radius 3 is 1.45 bits per heavy atom. The van der Waals surface area contributed by atoms with Crippen molar-refractivity contribution in [3.05, 3.63) is 243 Å². The molecule has 0 spiro atoms. The van der Waals surface area contributed by atoms with Crippen LogP contribution in [0.3, 0.4) is 0 Å². The fraction of sp³-hybridized carbons (Fsp3) is 0. The lowest BCUT2D eigenvalue weighted by Crippen LogP contribution is -2.09. The van der Waals surface area contributed by atoms with Crippen LogP contribution in [0.2, 0.25) is 0 Å². The summed E-state index contributed by atoms with van der Waals surface area (Å²) in [6.07, 6.45) is 0. The average Bonchev–Trinajstić information content (AvgIpc) is 3.92. The van der Waals surface area contributed by atoms with E-state index in [0.29, 0.717) is 0 Å². The maximum atomic E-state index is 2.39. The Balaban J connectivity index is 0.892. The minimum atomic E-state index is 1.09. The van der Waals surface area contributed by atoms with Gasteiger partial charge in [0.05, 0.1) is 11.0 Å². The highest BCUT2D eigenvalue weighted by molar-refractivity contribution is 7.25. The van der Waals surface area contributed by atoms with Gasteiger partial charge in [-0.05, 0) is 140 Å². The third-order valence-electron chi connectivity index (χ3n) is 13.2. The number of nitrogens with zero attached hydrogens (tertiary/aromatic N) is 2. The second-order valence-corrected chi connectivity index (χ2v) is 18.0. The van der Waals surface area contributed by atoms with E-state index in [4.69, 9.17) is 0 Å². The SMILES string of the molecule is c1cc(-c2ccc(N(c3ccc(-c4ccc5sc6ccccc6c5c4)cc3)c3ccc(-c4cc5ccccc5c5ccccc45)cc3)cc2)cc(-n2c3ccccc3c3ccccc32)c1. The van der Waals surface area contributed by atoms with Gasteiger partial charge in [-0.15, -0.1) is 11.3 Å². The van der Waals surface area contributed by atoms with Gasteiger partial charge >= 0.3 is 0 Å². The van der Waals surface area contributed by atoms with Crippen molar-refractivity contribution in [3.63, 3.8) is 0 Å². The summed E-state index contributed by atoms with van der Waals surface area (Å²) in [6, 6.07) is 88.9. The molecule has 304 valence electrons. The molecule has 0 atom stereocenters. The molecule has 0 aliphatic heterocycles. The summed E-state index contributed by atoms with van der Waals surface area (Å²) in [5, 5.41) is 10.2. The lowest BCUT2D eigenvalue weighted by atomic mass is 9.93. The van der Waals surface area contributed by atoms with E-state index < -0.39 is 0 Å². The highest BCUT2D eigenvalue weighted by Gasteiger charge is 2.17. The van der Waals surface area contributed by atoms with Crippen LogP contribution in [0.15, 0.2) is 243 Å². The summed E-state index contributed by atoms with van der Waals surface area (Å²) >= 11 is 1.86. The van der Waals surface area contributed by atoms with Gasteiger partial charge in [0, 0.05) is 53.7 Å². The highest BCUT2D eigenvalue weighted by Crippen LogP contribution is 2.42.